The summed E-state index contributed by atoms with van der Waals surface area (Å²) in [5.41, 5.74) is 5.23. The standard InChI is InChI=1S/C42H57ClN4O4/c1-8-9-10-11-12-13-14-15-16-17-18-37(51-32-20-22-36(48)33(26-32)42(5,6)7)41(50)44-31-19-21-34(43)35(25-31)45-38-27-39(49)47(46-38)40-29(3)23-28(2)24-30(40)4/h19-27,37,45-46,48H,8-18H2,1-7H3,(H,44,50). The van der Waals surface area contributed by atoms with Crippen LogP contribution in [0.2, 0.25) is 5.02 Å². The molecule has 4 aromatic rings. The minimum absolute atomic E-state index is 0.201. The fourth-order valence-corrected chi connectivity index (χ4v) is 6.80. The normalized spacial score (nSPS) is 12.2. The number of carbonyl (C=O) groups is 1. The third kappa shape index (κ3) is 11.4. The number of phenols is 1. The lowest BCUT2D eigenvalue weighted by atomic mass is 9.86. The monoisotopic (exact) mass is 716 g/mol. The number of H-pyrrole nitrogens is 1. The van der Waals surface area contributed by atoms with Crippen LogP contribution in [0.4, 0.5) is 17.2 Å². The molecule has 0 aliphatic rings. The van der Waals surface area contributed by atoms with Crippen molar-refractivity contribution in [1.29, 1.82) is 0 Å². The van der Waals surface area contributed by atoms with E-state index in [1.54, 1.807) is 30.3 Å². The summed E-state index contributed by atoms with van der Waals surface area (Å²) in [6, 6.07) is 15.9. The molecule has 0 saturated heterocycles. The average Bonchev–Trinajstić information content (AvgIpc) is 3.41. The lowest BCUT2D eigenvalue weighted by Gasteiger charge is -2.23. The van der Waals surface area contributed by atoms with E-state index >= 15 is 0 Å². The molecule has 4 rings (SSSR count). The van der Waals surface area contributed by atoms with Gasteiger partial charge in [-0.05, 0) is 86.6 Å². The van der Waals surface area contributed by atoms with Crippen molar-refractivity contribution in [1.82, 2.24) is 9.78 Å². The first-order chi connectivity index (χ1) is 24.3. The number of aryl methyl sites for hydroxylation is 3. The Hall–Kier alpha value is -4.17. The number of aromatic hydroxyl groups is 1. The van der Waals surface area contributed by atoms with Gasteiger partial charge < -0.3 is 20.5 Å². The number of phenolic OH excluding ortho intramolecular Hbond substituents is 1. The molecule has 276 valence electrons. The van der Waals surface area contributed by atoms with E-state index in [1.165, 1.54) is 55.7 Å². The van der Waals surface area contributed by atoms with Gasteiger partial charge in [-0.3, -0.25) is 14.7 Å². The number of aromatic nitrogens is 2. The largest absolute Gasteiger partial charge is 0.508 e. The molecule has 9 heteroatoms. The molecule has 51 heavy (non-hydrogen) atoms. The quantitative estimate of drug-likeness (QED) is 0.0767. The van der Waals surface area contributed by atoms with Gasteiger partial charge in [0, 0.05) is 17.3 Å². The van der Waals surface area contributed by atoms with Crippen LogP contribution in [0.3, 0.4) is 0 Å². The van der Waals surface area contributed by atoms with Gasteiger partial charge in [0.2, 0.25) is 0 Å². The minimum Gasteiger partial charge on any atom is -0.508 e. The van der Waals surface area contributed by atoms with Gasteiger partial charge in [0.05, 0.1) is 16.4 Å². The van der Waals surface area contributed by atoms with Crippen molar-refractivity contribution in [3.8, 4) is 17.2 Å². The summed E-state index contributed by atoms with van der Waals surface area (Å²) in [5.74, 6) is 0.937. The first-order valence-corrected chi connectivity index (χ1v) is 18.9. The van der Waals surface area contributed by atoms with Crippen LogP contribution in [0.5, 0.6) is 11.5 Å². The number of anilines is 3. The number of nitrogens with zero attached hydrogens (tertiary/aromatic N) is 1. The van der Waals surface area contributed by atoms with E-state index in [2.05, 4.69) is 22.7 Å². The molecule has 1 amide bonds. The first-order valence-electron chi connectivity index (χ1n) is 18.5. The van der Waals surface area contributed by atoms with Crippen molar-refractivity contribution in [2.24, 2.45) is 0 Å². The molecule has 0 saturated carbocycles. The van der Waals surface area contributed by atoms with Crippen LogP contribution in [0.15, 0.2) is 59.4 Å². The number of hydrogen-bond acceptors (Lipinski definition) is 5. The maximum absolute atomic E-state index is 13.8. The molecule has 0 spiro atoms. The van der Waals surface area contributed by atoms with Gasteiger partial charge in [0.25, 0.3) is 11.5 Å². The zero-order valence-corrected chi connectivity index (χ0v) is 32.3. The first kappa shape index (κ1) is 39.6. The average molecular weight is 717 g/mol. The Balaban J connectivity index is 1.47. The van der Waals surface area contributed by atoms with E-state index in [-0.39, 0.29) is 22.6 Å². The van der Waals surface area contributed by atoms with Crippen molar-refractivity contribution in [2.75, 3.05) is 10.6 Å². The molecule has 3 aromatic carbocycles. The van der Waals surface area contributed by atoms with Gasteiger partial charge in [-0.15, -0.1) is 0 Å². The Bertz CT molecular complexity index is 1800. The smallest absolute Gasteiger partial charge is 0.273 e. The molecule has 1 atom stereocenters. The van der Waals surface area contributed by atoms with Crippen molar-refractivity contribution >= 4 is 34.7 Å². The van der Waals surface area contributed by atoms with Gasteiger partial charge in [-0.1, -0.05) is 115 Å². The highest BCUT2D eigenvalue weighted by atomic mass is 35.5. The number of amides is 1. The molecule has 8 nitrogen and oxygen atoms in total. The second kappa shape index (κ2) is 18.4. The van der Waals surface area contributed by atoms with Gasteiger partial charge in [0.15, 0.2) is 6.10 Å². The summed E-state index contributed by atoms with van der Waals surface area (Å²) < 4.78 is 7.87. The Morgan fingerprint density at radius 1 is 0.882 bits per heavy atom. The number of hydrogen-bond donors (Lipinski definition) is 4. The second-order valence-corrected chi connectivity index (χ2v) is 15.3. The van der Waals surface area contributed by atoms with E-state index in [1.807, 2.05) is 59.7 Å². The Kier molecular flexibility index (Phi) is 14.3. The van der Waals surface area contributed by atoms with E-state index in [9.17, 15) is 14.7 Å². The number of ether oxygens (including phenoxy) is 1. The Labute approximate surface area is 309 Å². The minimum atomic E-state index is -0.741. The van der Waals surface area contributed by atoms with Gasteiger partial charge in [-0.25, -0.2) is 4.68 Å². The summed E-state index contributed by atoms with van der Waals surface area (Å²) in [5, 5.41) is 20.3. The van der Waals surface area contributed by atoms with Crippen LogP contribution in [0.25, 0.3) is 5.69 Å². The predicted octanol–water partition coefficient (Wildman–Crippen LogP) is 11.2. The summed E-state index contributed by atoms with van der Waals surface area (Å²) in [7, 11) is 0. The third-order valence-corrected chi connectivity index (χ3v) is 9.58. The van der Waals surface area contributed by atoms with Crippen LogP contribution in [0.1, 0.15) is 121 Å². The third-order valence-electron chi connectivity index (χ3n) is 9.25. The van der Waals surface area contributed by atoms with Crippen molar-refractivity contribution in [2.45, 2.75) is 131 Å². The highest BCUT2D eigenvalue weighted by Crippen LogP contribution is 2.34. The van der Waals surface area contributed by atoms with E-state index in [4.69, 9.17) is 16.3 Å². The topological polar surface area (TPSA) is 108 Å². The molecule has 0 bridgehead atoms. The van der Waals surface area contributed by atoms with Crippen molar-refractivity contribution < 1.29 is 14.6 Å². The molecule has 1 aromatic heterocycles. The molecule has 0 radical (unpaired) electrons. The number of unbranched alkanes of at least 4 members (excludes halogenated alkanes) is 9. The fraction of sp³-hybridized carbons (Fsp3) is 0.476. The SMILES string of the molecule is CCCCCCCCCCCCC(Oc1ccc(O)c(C(C)(C)C)c1)C(=O)Nc1ccc(Cl)c(Nc2cc(=O)n(-c3c(C)cc(C)cc3C)[nH]2)c1. The summed E-state index contributed by atoms with van der Waals surface area (Å²) in [6.07, 6.45) is 11.8. The van der Waals surface area contributed by atoms with Crippen LogP contribution in [0, 0.1) is 20.8 Å². The number of aromatic amines is 1. The summed E-state index contributed by atoms with van der Waals surface area (Å²) in [4.78, 5) is 26.8. The zero-order valence-electron chi connectivity index (χ0n) is 31.5. The van der Waals surface area contributed by atoms with Crippen LogP contribution in [-0.4, -0.2) is 26.9 Å². The molecular formula is C42H57ClN4O4. The van der Waals surface area contributed by atoms with E-state index in [0.29, 0.717) is 34.4 Å². The molecule has 0 aliphatic heterocycles. The second-order valence-electron chi connectivity index (χ2n) is 14.9. The van der Waals surface area contributed by atoms with Crippen LogP contribution < -0.4 is 20.9 Å². The molecule has 0 aliphatic carbocycles. The maximum Gasteiger partial charge on any atom is 0.273 e. The molecule has 1 unspecified atom stereocenters. The van der Waals surface area contributed by atoms with Crippen molar-refractivity contribution in [3.05, 3.63) is 92.2 Å². The maximum atomic E-state index is 13.8. The lowest BCUT2D eigenvalue weighted by molar-refractivity contribution is -0.123. The molecule has 1 heterocycles. The van der Waals surface area contributed by atoms with E-state index < -0.39 is 6.10 Å². The summed E-state index contributed by atoms with van der Waals surface area (Å²) in [6.45, 7) is 14.3. The molecule has 4 N–H and O–H groups in total. The zero-order chi connectivity index (χ0) is 37.1. The van der Waals surface area contributed by atoms with Crippen LogP contribution in [-0.2, 0) is 10.2 Å². The van der Waals surface area contributed by atoms with Gasteiger partial charge in [0.1, 0.15) is 17.3 Å². The highest BCUT2D eigenvalue weighted by Gasteiger charge is 2.24. The van der Waals surface area contributed by atoms with Crippen molar-refractivity contribution in [3.63, 3.8) is 0 Å². The fourth-order valence-electron chi connectivity index (χ4n) is 6.63. The number of benzene rings is 3. The number of rotatable bonds is 18. The number of carbonyl (C=O) groups excluding carboxylic acids is 1. The number of nitrogens with one attached hydrogen (secondary N) is 3. The lowest BCUT2D eigenvalue weighted by Crippen LogP contribution is -2.33. The Morgan fingerprint density at radius 2 is 1.51 bits per heavy atom. The highest BCUT2D eigenvalue weighted by molar-refractivity contribution is 6.33. The van der Waals surface area contributed by atoms with E-state index in [0.717, 1.165) is 47.2 Å². The van der Waals surface area contributed by atoms with Gasteiger partial charge in [-0.2, -0.15) is 0 Å². The number of halogens is 1. The van der Waals surface area contributed by atoms with Gasteiger partial charge >= 0.3 is 0 Å². The summed E-state index contributed by atoms with van der Waals surface area (Å²) >= 11 is 6.58. The molecule has 0 fully saturated rings. The predicted molar refractivity (Wildman–Crippen MR) is 212 cm³/mol. The van der Waals surface area contributed by atoms with Crippen LogP contribution >= 0.6 is 11.6 Å². The Morgan fingerprint density at radius 3 is 2.14 bits per heavy atom. The molecular weight excluding hydrogens is 660 g/mol.